The molecule has 48 heavy (non-hydrogen) atoms. The van der Waals surface area contributed by atoms with Gasteiger partial charge in [0.15, 0.2) is 0 Å². The number of quaternary nitrogens is 1. The van der Waals surface area contributed by atoms with Crippen molar-refractivity contribution in [2.45, 2.75) is 48.5 Å². The summed E-state index contributed by atoms with van der Waals surface area (Å²) < 4.78 is 0.0552. The second-order valence-electron chi connectivity index (χ2n) is 13.3. The molecule has 6 aromatic rings. The molecular weight excluding hydrogens is 643 g/mol. The van der Waals surface area contributed by atoms with Gasteiger partial charge < -0.3 is 30.0 Å². The Kier molecular flexibility index (Phi) is 6.70. The fraction of sp³-hybridized carbons (Fsp3) is 0.243. The third-order valence-corrected chi connectivity index (χ3v) is 10.9. The molecule has 11 heteroatoms. The number of H-pyrrole nitrogens is 1. The van der Waals surface area contributed by atoms with E-state index in [0.29, 0.717) is 28.1 Å². The quantitative estimate of drug-likeness (QED) is 0.0539. The number of benzene rings is 4. The van der Waals surface area contributed by atoms with E-state index in [1.54, 1.807) is 12.1 Å². The maximum atomic E-state index is 12.0. The van der Waals surface area contributed by atoms with Crippen molar-refractivity contribution in [3.63, 3.8) is 0 Å². The Bertz CT molecular complexity index is 2250. The summed E-state index contributed by atoms with van der Waals surface area (Å²) in [6, 6.07) is 22.2. The van der Waals surface area contributed by atoms with E-state index in [4.69, 9.17) is 35.5 Å². The molecule has 9 nitrogen and oxygen atoms in total. The monoisotopic (exact) mass is 678 g/mol. The van der Waals surface area contributed by atoms with Crippen LogP contribution in [0.4, 0.5) is 11.4 Å². The molecular formula is C37H36N5O4S2+. The number of phenolic OH excluding ortho intramolecular Hbond substituents is 4. The van der Waals surface area contributed by atoms with Gasteiger partial charge in [0.1, 0.15) is 34.4 Å². The maximum absolute atomic E-state index is 12.0. The molecule has 1 saturated carbocycles. The summed E-state index contributed by atoms with van der Waals surface area (Å²) in [5.41, 5.74) is 3.31. The lowest BCUT2D eigenvalue weighted by molar-refractivity contribution is 0.218. The van der Waals surface area contributed by atoms with Crippen LogP contribution in [0.5, 0.6) is 23.0 Å². The first-order chi connectivity index (χ1) is 22.9. The van der Waals surface area contributed by atoms with Crippen molar-refractivity contribution in [1.29, 1.82) is 0 Å². The number of hydrogen-bond acceptors (Lipinski definition) is 8. The van der Waals surface area contributed by atoms with E-state index in [9.17, 15) is 20.4 Å². The molecule has 0 spiro atoms. The molecule has 2 aromatic heterocycles. The van der Waals surface area contributed by atoms with E-state index in [1.807, 2.05) is 86.4 Å². The summed E-state index contributed by atoms with van der Waals surface area (Å²) in [6.07, 6.45) is 5.64. The predicted molar refractivity (Wildman–Crippen MR) is 195 cm³/mol. The van der Waals surface area contributed by atoms with E-state index in [1.165, 1.54) is 12.1 Å². The molecule has 1 aliphatic heterocycles. The van der Waals surface area contributed by atoms with Gasteiger partial charge in [-0.25, -0.2) is 0 Å². The summed E-state index contributed by atoms with van der Waals surface area (Å²) in [5.74, 6) is -0.588. The summed E-state index contributed by atoms with van der Waals surface area (Å²) in [7, 11) is 1.98. The number of aryl methyl sites for hydroxylation is 1. The van der Waals surface area contributed by atoms with E-state index in [0.717, 1.165) is 34.6 Å². The van der Waals surface area contributed by atoms with Crippen molar-refractivity contribution in [1.82, 2.24) is 14.0 Å². The van der Waals surface area contributed by atoms with Crippen molar-refractivity contribution in [2.75, 3.05) is 0 Å². The third-order valence-electron chi connectivity index (χ3n) is 10.1. The minimum atomic E-state index is -1.78. The SMILES string of the molecule is CC(C)c1cc(C2(c3cc(C4CC4)c(O)cc3O)N=NC(S)(S)[N+]2(c2ccc3[nH]ccc3c2)c2ccc3c(ccn3C)c2)c(O)cc1O. The Balaban J connectivity index is 1.60. The minimum absolute atomic E-state index is 0.0119. The van der Waals surface area contributed by atoms with Gasteiger partial charge in [-0.1, -0.05) is 44.2 Å². The first-order valence-corrected chi connectivity index (χ1v) is 16.8. The van der Waals surface area contributed by atoms with Gasteiger partial charge in [-0.15, -0.1) is 5.11 Å². The van der Waals surface area contributed by atoms with Gasteiger partial charge in [0.05, 0.1) is 11.1 Å². The highest BCUT2D eigenvalue weighted by Crippen LogP contribution is 2.67. The molecule has 1 aliphatic carbocycles. The van der Waals surface area contributed by atoms with Crippen molar-refractivity contribution in [3.8, 4) is 23.0 Å². The predicted octanol–water partition coefficient (Wildman–Crippen LogP) is 8.96. The fourth-order valence-corrected chi connectivity index (χ4v) is 8.47. The van der Waals surface area contributed by atoms with Gasteiger partial charge >= 0.3 is 4.33 Å². The summed E-state index contributed by atoms with van der Waals surface area (Å²) in [5, 5.41) is 57.8. The molecule has 0 saturated heterocycles. The Morgan fingerprint density at radius 1 is 0.792 bits per heavy atom. The van der Waals surface area contributed by atoms with E-state index >= 15 is 0 Å². The number of aromatic amines is 1. The van der Waals surface area contributed by atoms with Crippen molar-refractivity contribution < 1.29 is 20.4 Å². The molecule has 1 fully saturated rings. The molecule has 244 valence electrons. The lowest BCUT2D eigenvalue weighted by atomic mass is 9.82. The third kappa shape index (κ3) is 4.10. The van der Waals surface area contributed by atoms with Crippen LogP contribution in [-0.2, 0) is 12.7 Å². The van der Waals surface area contributed by atoms with Crippen molar-refractivity contribution >= 4 is 58.4 Å². The number of phenols is 4. The first-order valence-electron chi connectivity index (χ1n) is 15.9. The standard InChI is InChI=1S/C37H35N5O4S2/c1-20(2)26-16-28(34(45)18-32(26)43)36(29-17-27(21-4-5-21)33(44)19-35(29)46)39-40-37(47,48)42(36,24-6-8-30-22(14-24)10-12-38-30)25-7-9-31-23(15-25)11-13-41(31)3/h6-21,38H,4-5H2,1-3H3,(H5-,43,44,45,46,47,48)/p+1. The molecule has 0 radical (unpaired) electrons. The summed E-state index contributed by atoms with van der Waals surface area (Å²) >= 11 is 10.4. The van der Waals surface area contributed by atoms with Gasteiger partial charge in [0.2, 0.25) is 0 Å². The van der Waals surface area contributed by atoms with Crippen LogP contribution < -0.4 is 4.48 Å². The molecule has 2 aliphatic rings. The number of hydrogen-bond donors (Lipinski definition) is 7. The molecule has 8 rings (SSSR count). The molecule has 0 amide bonds. The Morgan fingerprint density at radius 3 is 2.17 bits per heavy atom. The topological polar surface area (TPSA) is 126 Å². The number of nitrogens with one attached hydrogen (secondary N) is 1. The van der Waals surface area contributed by atoms with Crippen LogP contribution in [0, 0.1) is 0 Å². The number of azo groups is 1. The zero-order valence-corrected chi connectivity index (χ0v) is 28.4. The van der Waals surface area contributed by atoms with Gasteiger partial charge in [0.25, 0.3) is 5.66 Å². The summed E-state index contributed by atoms with van der Waals surface area (Å²) in [4.78, 5) is 3.27. The minimum Gasteiger partial charge on any atom is -0.508 e. The average Bonchev–Trinajstić information content (AvgIpc) is 3.56. The lowest BCUT2D eigenvalue weighted by Crippen LogP contribution is -2.64. The van der Waals surface area contributed by atoms with Crippen LogP contribution in [0.2, 0.25) is 0 Å². The maximum Gasteiger partial charge on any atom is 0.314 e. The van der Waals surface area contributed by atoms with Crippen LogP contribution in [0.15, 0.2) is 95.4 Å². The van der Waals surface area contributed by atoms with Gasteiger partial charge in [-0.2, -0.15) is 4.48 Å². The van der Waals surface area contributed by atoms with E-state index < -0.39 is 9.99 Å². The number of fused-ring (bicyclic) bond motifs is 2. The lowest BCUT2D eigenvalue weighted by Gasteiger charge is -2.50. The molecule has 0 bridgehead atoms. The van der Waals surface area contributed by atoms with Crippen molar-refractivity contribution in [2.24, 2.45) is 17.3 Å². The second-order valence-corrected chi connectivity index (χ2v) is 14.9. The van der Waals surface area contributed by atoms with E-state index in [2.05, 4.69) is 4.98 Å². The molecule has 2 unspecified atom stereocenters. The second kappa shape index (κ2) is 10.5. The molecule has 2 atom stereocenters. The number of rotatable bonds is 6. The summed E-state index contributed by atoms with van der Waals surface area (Å²) in [6.45, 7) is 3.91. The highest BCUT2D eigenvalue weighted by atomic mass is 32.2. The van der Waals surface area contributed by atoms with Gasteiger partial charge in [-0.05, 0) is 72.2 Å². The number of thiol groups is 2. The number of nitrogens with zero attached hydrogens (tertiary/aromatic N) is 4. The first kappa shape index (κ1) is 30.7. The van der Waals surface area contributed by atoms with Crippen LogP contribution in [0.3, 0.4) is 0 Å². The number of aromatic nitrogens is 2. The molecule has 3 heterocycles. The zero-order chi connectivity index (χ0) is 33.7. The van der Waals surface area contributed by atoms with Crippen LogP contribution in [-0.4, -0.2) is 34.3 Å². The number of aromatic hydroxyl groups is 4. The van der Waals surface area contributed by atoms with Gasteiger partial charge in [-0.3, -0.25) is 0 Å². The van der Waals surface area contributed by atoms with Crippen LogP contribution in [0.25, 0.3) is 21.8 Å². The smallest absolute Gasteiger partial charge is 0.314 e. The van der Waals surface area contributed by atoms with E-state index in [-0.39, 0.29) is 44.9 Å². The highest BCUT2D eigenvalue weighted by molar-refractivity contribution is 8.00. The molecule has 4 aromatic carbocycles. The zero-order valence-electron chi connectivity index (χ0n) is 26.6. The normalized spacial score (nSPS) is 22.0. The van der Waals surface area contributed by atoms with Crippen molar-refractivity contribution in [3.05, 3.63) is 107 Å². The Labute approximate surface area is 288 Å². The Hall–Kier alpha value is -4.58. The fourth-order valence-electron chi connectivity index (χ4n) is 7.63. The average molecular weight is 679 g/mol. The van der Waals surface area contributed by atoms with Crippen LogP contribution >= 0.6 is 25.3 Å². The largest absolute Gasteiger partial charge is 0.508 e. The van der Waals surface area contributed by atoms with Gasteiger partial charge in [0, 0.05) is 77.6 Å². The molecule has 5 N–H and O–H groups in total. The Morgan fingerprint density at radius 2 is 1.46 bits per heavy atom. The highest BCUT2D eigenvalue weighted by Gasteiger charge is 2.72. The van der Waals surface area contributed by atoms with Crippen LogP contribution in [0.1, 0.15) is 60.8 Å².